The summed E-state index contributed by atoms with van der Waals surface area (Å²) in [7, 11) is 0. The number of hydrogen-bond donors (Lipinski definition) is 0. The highest BCUT2D eigenvalue weighted by Crippen LogP contribution is 2.31. The van der Waals surface area contributed by atoms with E-state index in [0.717, 1.165) is 17.5 Å². The molecule has 0 atom stereocenters. The maximum absolute atomic E-state index is 12.1. The van der Waals surface area contributed by atoms with Crippen LogP contribution in [0.4, 0.5) is 0 Å². The highest BCUT2D eigenvalue weighted by molar-refractivity contribution is 5.79. The summed E-state index contributed by atoms with van der Waals surface area (Å²) in [4.78, 5) is 12.1. The summed E-state index contributed by atoms with van der Waals surface area (Å²) >= 11 is 0. The number of carbonyl (C=O) groups excluding carboxylic acids is 1. The second kappa shape index (κ2) is 8.19. The Morgan fingerprint density at radius 2 is 1.76 bits per heavy atom. The van der Waals surface area contributed by atoms with E-state index < -0.39 is 5.60 Å². The molecule has 0 aliphatic heterocycles. The van der Waals surface area contributed by atoms with E-state index in [2.05, 4.69) is 32.0 Å². The molecule has 0 amide bonds. The Morgan fingerprint density at radius 3 is 2.36 bits per heavy atom. The third-order valence-corrected chi connectivity index (χ3v) is 3.93. The van der Waals surface area contributed by atoms with Crippen molar-refractivity contribution in [3.8, 4) is 16.9 Å². The molecule has 0 heterocycles. The molecule has 25 heavy (non-hydrogen) atoms. The van der Waals surface area contributed by atoms with Gasteiger partial charge in [0.1, 0.15) is 5.75 Å². The van der Waals surface area contributed by atoms with Crippen LogP contribution in [0.5, 0.6) is 5.75 Å². The van der Waals surface area contributed by atoms with Gasteiger partial charge in [-0.3, -0.25) is 0 Å². The number of benzene rings is 2. The van der Waals surface area contributed by atoms with Crippen molar-refractivity contribution in [1.29, 1.82) is 0 Å². The van der Waals surface area contributed by atoms with Gasteiger partial charge in [0.15, 0.2) is 5.60 Å². The van der Waals surface area contributed by atoms with Gasteiger partial charge < -0.3 is 9.47 Å². The zero-order valence-electron chi connectivity index (χ0n) is 15.8. The van der Waals surface area contributed by atoms with Gasteiger partial charge in [-0.15, -0.1) is 0 Å². The molecule has 2 aromatic carbocycles. The van der Waals surface area contributed by atoms with E-state index in [1.807, 2.05) is 30.3 Å². The van der Waals surface area contributed by atoms with Gasteiger partial charge in [0, 0.05) is 0 Å². The average Bonchev–Trinajstić information content (AvgIpc) is 2.56. The summed E-state index contributed by atoms with van der Waals surface area (Å²) in [5.74, 6) is 0.872. The number of carbonyl (C=O) groups is 1. The first-order valence-corrected chi connectivity index (χ1v) is 8.88. The Labute approximate surface area is 151 Å². The lowest BCUT2D eigenvalue weighted by Gasteiger charge is -2.25. The van der Waals surface area contributed by atoms with E-state index in [1.165, 1.54) is 5.56 Å². The maximum Gasteiger partial charge on any atom is 0.349 e. The number of rotatable bonds is 7. The minimum atomic E-state index is -1.02. The molecule has 0 bridgehead atoms. The molecule has 0 radical (unpaired) electrons. The van der Waals surface area contributed by atoms with Crippen LogP contribution in [0.15, 0.2) is 48.5 Å². The molecular formula is C22H28O3. The minimum absolute atomic E-state index is 0.341. The monoisotopic (exact) mass is 340 g/mol. The molecule has 0 fully saturated rings. The molecular weight excluding hydrogens is 312 g/mol. The number of ether oxygens (including phenoxy) is 2. The summed E-state index contributed by atoms with van der Waals surface area (Å²) in [5.41, 5.74) is 2.55. The van der Waals surface area contributed by atoms with Crippen molar-refractivity contribution in [3.05, 3.63) is 54.1 Å². The molecule has 0 aliphatic rings. The highest BCUT2D eigenvalue weighted by atomic mass is 16.6. The molecule has 0 N–H and O–H groups in total. The maximum atomic E-state index is 12.1. The van der Waals surface area contributed by atoms with Crippen molar-refractivity contribution >= 4 is 5.97 Å². The van der Waals surface area contributed by atoms with Crippen LogP contribution in [0.25, 0.3) is 11.1 Å². The van der Waals surface area contributed by atoms with Gasteiger partial charge in [0.05, 0.1) is 6.61 Å². The van der Waals surface area contributed by atoms with Gasteiger partial charge in [-0.25, -0.2) is 4.79 Å². The van der Waals surface area contributed by atoms with Crippen LogP contribution < -0.4 is 4.74 Å². The first kappa shape index (κ1) is 19.0. The second-order valence-corrected chi connectivity index (χ2v) is 7.12. The van der Waals surface area contributed by atoms with Crippen LogP contribution in [0, 0.1) is 5.92 Å². The lowest BCUT2D eigenvalue weighted by atomic mass is 9.93. The lowest BCUT2D eigenvalue weighted by Crippen LogP contribution is -2.39. The Bertz CT molecular complexity index is 702. The zero-order chi connectivity index (χ0) is 18.4. The van der Waals surface area contributed by atoms with E-state index in [0.29, 0.717) is 18.3 Å². The Balaban J connectivity index is 2.37. The van der Waals surface area contributed by atoms with Gasteiger partial charge in [0.2, 0.25) is 0 Å². The van der Waals surface area contributed by atoms with E-state index >= 15 is 0 Å². The summed E-state index contributed by atoms with van der Waals surface area (Å²) in [5, 5.41) is 0. The molecule has 0 saturated carbocycles. The standard InChI is InChI=1S/C22H28O3/c1-6-24-21(23)22(4,5)25-19-13-12-18(14-16(2)3)20(15-19)17-10-8-7-9-11-17/h7-13,15-16H,6,14H2,1-5H3. The van der Waals surface area contributed by atoms with Crippen molar-refractivity contribution in [1.82, 2.24) is 0 Å². The molecule has 0 saturated heterocycles. The van der Waals surface area contributed by atoms with Gasteiger partial charge in [-0.05, 0) is 61.9 Å². The summed E-state index contributed by atoms with van der Waals surface area (Å²) < 4.78 is 11.1. The molecule has 0 aromatic heterocycles. The van der Waals surface area contributed by atoms with Crippen LogP contribution in [0.3, 0.4) is 0 Å². The fourth-order valence-electron chi connectivity index (χ4n) is 2.76. The summed E-state index contributed by atoms with van der Waals surface area (Å²) in [6.07, 6.45) is 0.992. The molecule has 0 aliphatic carbocycles. The van der Waals surface area contributed by atoms with Gasteiger partial charge in [-0.1, -0.05) is 50.2 Å². The Hall–Kier alpha value is -2.29. The van der Waals surface area contributed by atoms with Crippen molar-refractivity contribution < 1.29 is 14.3 Å². The van der Waals surface area contributed by atoms with E-state index in [1.54, 1.807) is 20.8 Å². The van der Waals surface area contributed by atoms with Crippen LogP contribution in [0.2, 0.25) is 0 Å². The summed E-state index contributed by atoms with van der Waals surface area (Å²) in [6.45, 7) is 10.0. The predicted octanol–water partition coefficient (Wildman–Crippen LogP) is 5.27. The Kier molecular flexibility index (Phi) is 6.24. The second-order valence-electron chi connectivity index (χ2n) is 7.12. The van der Waals surface area contributed by atoms with Crippen molar-refractivity contribution in [2.75, 3.05) is 6.61 Å². The van der Waals surface area contributed by atoms with Gasteiger partial charge in [0.25, 0.3) is 0 Å². The van der Waals surface area contributed by atoms with E-state index in [4.69, 9.17) is 9.47 Å². The fourth-order valence-corrected chi connectivity index (χ4v) is 2.76. The molecule has 2 rings (SSSR count). The van der Waals surface area contributed by atoms with Crippen LogP contribution in [-0.2, 0) is 16.0 Å². The van der Waals surface area contributed by atoms with Crippen molar-refractivity contribution in [2.24, 2.45) is 5.92 Å². The average molecular weight is 340 g/mol. The van der Waals surface area contributed by atoms with Crippen LogP contribution in [-0.4, -0.2) is 18.2 Å². The van der Waals surface area contributed by atoms with Crippen LogP contribution in [0.1, 0.15) is 40.2 Å². The third-order valence-electron chi connectivity index (χ3n) is 3.93. The van der Waals surface area contributed by atoms with E-state index in [9.17, 15) is 4.79 Å². The largest absolute Gasteiger partial charge is 0.476 e. The first-order chi connectivity index (χ1) is 11.8. The molecule has 134 valence electrons. The van der Waals surface area contributed by atoms with E-state index in [-0.39, 0.29) is 5.97 Å². The fraction of sp³-hybridized carbons (Fsp3) is 0.409. The van der Waals surface area contributed by atoms with Crippen LogP contribution >= 0.6 is 0 Å². The normalized spacial score (nSPS) is 11.4. The minimum Gasteiger partial charge on any atom is -0.476 e. The summed E-state index contributed by atoms with van der Waals surface area (Å²) in [6, 6.07) is 16.3. The Morgan fingerprint density at radius 1 is 1.08 bits per heavy atom. The molecule has 3 heteroatoms. The topological polar surface area (TPSA) is 35.5 Å². The zero-order valence-corrected chi connectivity index (χ0v) is 15.8. The third kappa shape index (κ3) is 5.09. The van der Waals surface area contributed by atoms with Gasteiger partial charge in [-0.2, -0.15) is 0 Å². The quantitative estimate of drug-likeness (QED) is 0.644. The molecule has 0 unspecified atom stereocenters. The SMILES string of the molecule is CCOC(=O)C(C)(C)Oc1ccc(CC(C)C)c(-c2ccccc2)c1. The molecule has 0 spiro atoms. The molecule has 2 aromatic rings. The molecule has 3 nitrogen and oxygen atoms in total. The van der Waals surface area contributed by atoms with Crippen molar-refractivity contribution in [3.63, 3.8) is 0 Å². The number of esters is 1. The first-order valence-electron chi connectivity index (χ1n) is 8.88. The van der Waals surface area contributed by atoms with Gasteiger partial charge >= 0.3 is 5.97 Å². The number of hydrogen-bond acceptors (Lipinski definition) is 3. The van der Waals surface area contributed by atoms with Crippen molar-refractivity contribution in [2.45, 2.75) is 46.6 Å². The highest BCUT2D eigenvalue weighted by Gasteiger charge is 2.31. The lowest BCUT2D eigenvalue weighted by molar-refractivity contribution is -0.158. The predicted molar refractivity (Wildman–Crippen MR) is 102 cm³/mol. The smallest absolute Gasteiger partial charge is 0.349 e.